The topological polar surface area (TPSA) is 106 Å². The summed E-state index contributed by atoms with van der Waals surface area (Å²) < 4.78 is 62.8. The molecule has 0 saturated heterocycles. The third-order valence-corrected chi connectivity index (χ3v) is 5.61. The normalized spacial score (nSPS) is 12.2. The molecule has 2 aromatic carbocycles. The molecule has 124 valence electrons. The zero-order chi connectivity index (χ0) is 17.4. The largest absolute Gasteiger partial charge is 0.279 e. The lowest BCUT2D eigenvalue weighted by Gasteiger charge is -2.14. The SMILES string of the molecule is Cc1cc(S(N)(=O)=O)cc(NS(=O)(=O)c2ccc(F)cc2)c1C. The number of sulfonamides is 2. The van der Waals surface area contributed by atoms with E-state index in [4.69, 9.17) is 5.14 Å². The van der Waals surface area contributed by atoms with Crippen LogP contribution in [-0.4, -0.2) is 16.8 Å². The van der Waals surface area contributed by atoms with E-state index in [2.05, 4.69) is 4.72 Å². The Morgan fingerprint density at radius 3 is 2.04 bits per heavy atom. The first-order valence-corrected chi connectivity index (χ1v) is 9.46. The summed E-state index contributed by atoms with van der Waals surface area (Å²) in [7, 11) is -7.96. The smallest absolute Gasteiger partial charge is 0.261 e. The van der Waals surface area contributed by atoms with E-state index in [0.717, 1.165) is 30.3 Å². The van der Waals surface area contributed by atoms with Crippen LogP contribution in [0.2, 0.25) is 0 Å². The van der Waals surface area contributed by atoms with Crippen LogP contribution in [0.15, 0.2) is 46.2 Å². The summed E-state index contributed by atoms with van der Waals surface area (Å²) in [4.78, 5) is -0.339. The van der Waals surface area contributed by atoms with Gasteiger partial charge in [0.1, 0.15) is 5.82 Å². The molecule has 0 spiro atoms. The minimum Gasteiger partial charge on any atom is -0.279 e. The highest BCUT2D eigenvalue weighted by molar-refractivity contribution is 7.92. The molecule has 0 aromatic heterocycles. The van der Waals surface area contributed by atoms with E-state index in [9.17, 15) is 21.2 Å². The van der Waals surface area contributed by atoms with Crippen LogP contribution in [0.4, 0.5) is 10.1 Å². The van der Waals surface area contributed by atoms with Gasteiger partial charge in [-0.3, -0.25) is 4.72 Å². The van der Waals surface area contributed by atoms with Crippen LogP contribution in [0.25, 0.3) is 0 Å². The predicted octanol–water partition coefficient (Wildman–Crippen LogP) is 1.89. The molecule has 0 unspecified atom stereocenters. The maximum Gasteiger partial charge on any atom is 0.261 e. The molecule has 0 aliphatic rings. The molecule has 0 fully saturated rings. The van der Waals surface area contributed by atoms with Crippen molar-refractivity contribution in [2.75, 3.05) is 4.72 Å². The molecule has 0 radical (unpaired) electrons. The second-order valence-corrected chi connectivity index (χ2v) is 8.26. The fraction of sp³-hybridized carbons (Fsp3) is 0.143. The van der Waals surface area contributed by atoms with Gasteiger partial charge in [0, 0.05) is 0 Å². The molecular weight excluding hydrogens is 343 g/mol. The van der Waals surface area contributed by atoms with Gasteiger partial charge in [0.25, 0.3) is 10.0 Å². The number of halogens is 1. The lowest BCUT2D eigenvalue weighted by Crippen LogP contribution is -2.17. The van der Waals surface area contributed by atoms with E-state index in [0.29, 0.717) is 11.1 Å². The van der Waals surface area contributed by atoms with Crippen molar-refractivity contribution < 1.29 is 21.2 Å². The Kier molecular flexibility index (Phi) is 4.47. The number of nitrogens with two attached hydrogens (primary N) is 1. The standard InChI is InChI=1S/C14H15FN2O4S2/c1-9-7-13(22(16,18)19)8-14(10(9)2)17-23(20,21)12-5-3-11(15)4-6-12/h3-8,17H,1-2H3,(H2,16,18,19). The monoisotopic (exact) mass is 358 g/mol. The zero-order valence-corrected chi connectivity index (χ0v) is 14.0. The number of nitrogens with one attached hydrogen (secondary N) is 1. The maximum atomic E-state index is 12.9. The first-order valence-electron chi connectivity index (χ1n) is 6.43. The molecule has 9 heteroatoms. The summed E-state index contributed by atoms with van der Waals surface area (Å²) in [6.45, 7) is 3.28. The van der Waals surface area contributed by atoms with Gasteiger partial charge in [0.15, 0.2) is 0 Å². The van der Waals surface area contributed by atoms with E-state index in [1.807, 2.05) is 0 Å². The van der Waals surface area contributed by atoms with Crippen molar-refractivity contribution in [3.8, 4) is 0 Å². The van der Waals surface area contributed by atoms with Crippen LogP contribution in [0.1, 0.15) is 11.1 Å². The van der Waals surface area contributed by atoms with E-state index < -0.39 is 25.9 Å². The lowest BCUT2D eigenvalue weighted by atomic mass is 10.1. The van der Waals surface area contributed by atoms with Crippen molar-refractivity contribution in [2.45, 2.75) is 23.6 Å². The van der Waals surface area contributed by atoms with Gasteiger partial charge < -0.3 is 0 Å². The minimum absolute atomic E-state index is 0.0957. The van der Waals surface area contributed by atoms with Gasteiger partial charge in [-0.05, 0) is 61.4 Å². The molecule has 0 amide bonds. The maximum absolute atomic E-state index is 12.9. The summed E-state index contributed by atoms with van der Waals surface area (Å²) in [5.74, 6) is -0.563. The zero-order valence-electron chi connectivity index (χ0n) is 12.4. The molecular formula is C14H15FN2O4S2. The Bertz CT molecular complexity index is 953. The Balaban J connectivity index is 2.51. The molecule has 3 N–H and O–H groups in total. The van der Waals surface area contributed by atoms with Crippen molar-refractivity contribution in [1.82, 2.24) is 0 Å². The van der Waals surface area contributed by atoms with Crippen LogP contribution < -0.4 is 9.86 Å². The van der Waals surface area contributed by atoms with Gasteiger partial charge in [0.2, 0.25) is 10.0 Å². The highest BCUT2D eigenvalue weighted by Gasteiger charge is 2.18. The van der Waals surface area contributed by atoms with Gasteiger partial charge >= 0.3 is 0 Å². The van der Waals surface area contributed by atoms with E-state index in [-0.39, 0.29) is 15.5 Å². The molecule has 0 bridgehead atoms. The quantitative estimate of drug-likeness (QED) is 0.870. The molecule has 0 aliphatic heterocycles. The third-order valence-electron chi connectivity index (χ3n) is 3.34. The molecule has 0 atom stereocenters. The molecule has 2 aromatic rings. The average Bonchev–Trinajstić information content (AvgIpc) is 2.42. The van der Waals surface area contributed by atoms with E-state index >= 15 is 0 Å². The predicted molar refractivity (Wildman–Crippen MR) is 84.5 cm³/mol. The highest BCUT2D eigenvalue weighted by atomic mass is 32.2. The molecule has 0 heterocycles. The second kappa shape index (κ2) is 5.91. The van der Waals surface area contributed by atoms with Crippen LogP contribution >= 0.6 is 0 Å². The average molecular weight is 358 g/mol. The van der Waals surface area contributed by atoms with Crippen LogP contribution in [0.3, 0.4) is 0 Å². The Hall–Kier alpha value is -1.97. The van der Waals surface area contributed by atoms with Crippen molar-refractivity contribution in [3.05, 3.63) is 53.3 Å². The highest BCUT2D eigenvalue weighted by Crippen LogP contribution is 2.26. The fourth-order valence-corrected chi connectivity index (χ4v) is 3.65. The summed E-state index contributed by atoms with van der Waals surface area (Å²) >= 11 is 0. The molecule has 6 nitrogen and oxygen atoms in total. The van der Waals surface area contributed by atoms with Gasteiger partial charge in [-0.15, -0.1) is 0 Å². The number of rotatable bonds is 4. The minimum atomic E-state index is -3.98. The lowest BCUT2D eigenvalue weighted by molar-refractivity contribution is 0.595. The van der Waals surface area contributed by atoms with Crippen molar-refractivity contribution >= 4 is 25.7 Å². The van der Waals surface area contributed by atoms with Crippen molar-refractivity contribution in [1.29, 1.82) is 0 Å². The Morgan fingerprint density at radius 1 is 0.957 bits per heavy atom. The molecule has 2 rings (SSSR count). The number of primary sulfonamides is 1. The van der Waals surface area contributed by atoms with Crippen LogP contribution in [-0.2, 0) is 20.0 Å². The van der Waals surface area contributed by atoms with Crippen LogP contribution in [0.5, 0.6) is 0 Å². The van der Waals surface area contributed by atoms with Crippen molar-refractivity contribution in [3.63, 3.8) is 0 Å². The summed E-state index contributed by atoms with van der Waals surface area (Å²) in [6.07, 6.45) is 0. The second-order valence-electron chi connectivity index (χ2n) is 5.02. The summed E-state index contributed by atoms with van der Waals surface area (Å²) in [5, 5.41) is 5.09. The molecule has 0 aliphatic carbocycles. The molecule has 0 saturated carbocycles. The molecule has 23 heavy (non-hydrogen) atoms. The van der Waals surface area contributed by atoms with Crippen molar-refractivity contribution in [2.24, 2.45) is 5.14 Å². The van der Waals surface area contributed by atoms with Gasteiger partial charge in [-0.2, -0.15) is 0 Å². The van der Waals surface area contributed by atoms with E-state index in [1.165, 1.54) is 6.07 Å². The Labute approximate surface area is 134 Å². The first-order chi connectivity index (χ1) is 10.5. The first kappa shape index (κ1) is 17.4. The number of anilines is 1. The fourth-order valence-electron chi connectivity index (χ4n) is 1.91. The van der Waals surface area contributed by atoms with Gasteiger partial charge in [-0.1, -0.05) is 0 Å². The third kappa shape index (κ3) is 3.87. The Morgan fingerprint density at radius 2 is 1.52 bits per heavy atom. The number of aryl methyl sites for hydroxylation is 1. The van der Waals surface area contributed by atoms with E-state index in [1.54, 1.807) is 13.8 Å². The van der Waals surface area contributed by atoms with Gasteiger partial charge in [-0.25, -0.2) is 26.4 Å². The number of hydrogen-bond acceptors (Lipinski definition) is 4. The summed E-state index contributed by atoms with van der Waals surface area (Å²) in [6, 6.07) is 6.78. The van der Waals surface area contributed by atoms with Gasteiger partial charge in [0.05, 0.1) is 15.5 Å². The summed E-state index contributed by atoms with van der Waals surface area (Å²) in [5.41, 5.74) is 1.22. The van der Waals surface area contributed by atoms with Crippen LogP contribution in [0, 0.1) is 19.7 Å². The number of benzene rings is 2. The number of hydrogen-bond donors (Lipinski definition) is 2.